The van der Waals surface area contributed by atoms with Gasteiger partial charge in [0.2, 0.25) is 0 Å². The van der Waals surface area contributed by atoms with Crippen LogP contribution in [-0.2, 0) is 6.42 Å². The van der Waals surface area contributed by atoms with Crippen molar-refractivity contribution in [3.05, 3.63) is 39.2 Å². The first-order chi connectivity index (χ1) is 8.95. The van der Waals surface area contributed by atoms with Crippen molar-refractivity contribution in [3.8, 4) is 5.75 Å². The monoisotopic (exact) mass is 260 g/mol. The lowest BCUT2D eigenvalue weighted by Crippen LogP contribution is -2.04. The minimum absolute atomic E-state index is 0.0735. The summed E-state index contributed by atoms with van der Waals surface area (Å²) in [6.07, 6.45) is 1.52. The van der Waals surface area contributed by atoms with Crippen LogP contribution in [0.4, 0.5) is 0 Å². The first kappa shape index (κ1) is 13.3. The number of fused-ring (bicyclic) bond motifs is 1. The van der Waals surface area contributed by atoms with Crippen molar-refractivity contribution in [1.29, 1.82) is 0 Å². The molecule has 0 saturated heterocycles. The Morgan fingerprint density at radius 2 is 2.05 bits per heavy atom. The smallest absolute Gasteiger partial charge is 0.336 e. The van der Waals surface area contributed by atoms with Crippen LogP contribution in [0, 0.1) is 6.92 Å². The maximum Gasteiger partial charge on any atom is 0.336 e. The number of benzene rings is 1. The number of carbonyl (C=O) groups is 1. The van der Waals surface area contributed by atoms with Gasteiger partial charge in [-0.3, -0.25) is 4.79 Å². The summed E-state index contributed by atoms with van der Waals surface area (Å²) in [5.74, 6) is -0.384. The van der Waals surface area contributed by atoms with Crippen LogP contribution in [0.1, 0.15) is 41.8 Å². The van der Waals surface area contributed by atoms with Crippen LogP contribution in [0.3, 0.4) is 0 Å². The molecule has 19 heavy (non-hydrogen) atoms. The second-order valence-corrected chi connectivity index (χ2v) is 4.69. The van der Waals surface area contributed by atoms with E-state index in [0.717, 1.165) is 12.0 Å². The molecule has 0 aliphatic heterocycles. The zero-order valence-electron chi connectivity index (χ0n) is 11.2. The van der Waals surface area contributed by atoms with E-state index in [1.165, 1.54) is 13.0 Å². The fraction of sp³-hybridized carbons (Fsp3) is 0.333. The third-order valence-electron chi connectivity index (χ3n) is 3.16. The van der Waals surface area contributed by atoms with Crippen molar-refractivity contribution >= 4 is 16.8 Å². The average Bonchev–Trinajstić information content (AvgIpc) is 2.30. The second-order valence-electron chi connectivity index (χ2n) is 4.69. The highest BCUT2D eigenvalue weighted by Crippen LogP contribution is 2.33. The Hall–Kier alpha value is -2.10. The lowest BCUT2D eigenvalue weighted by Gasteiger charge is -2.11. The first-order valence-electron chi connectivity index (χ1n) is 6.26. The molecule has 1 N–H and O–H groups in total. The molecule has 1 aromatic carbocycles. The summed E-state index contributed by atoms with van der Waals surface area (Å²) in [5.41, 5.74) is 1.20. The van der Waals surface area contributed by atoms with Gasteiger partial charge in [-0.1, -0.05) is 13.3 Å². The van der Waals surface area contributed by atoms with E-state index in [4.69, 9.17) is 4.42 Å². The first-order valence-corrected chi connectivity index (χ1v) is 6.26. The molecule has 1 heterocycles. The number of carbonyl (C=O) groups excluding carboxylic acids is 1. The van der Waals surface area contributed by atoms with Crippen LogP contribution < -0.4 is 5.63 Å². The Kier molecular flexibility index (Phi) is 3.42. The molecule has 2 aromatic rings. The summed E-state index contributed by atoms with van der Waals surface area (Å²) >= 11 is 0. The fourth-order valence-electron chi connectivity index (χ4n) is 2.28. The predicted octanol–water partition coefficient (Wildman–Crippen LogP) is 2.96. The van der Waals surface area contributed by atoms with Crippen molar-refractivity contribution in [2.75, 3.05) is 0 Å². The van der Waals surface area contributed by atoms with Gasteiger partial charge in [0, 0.05) is 11.5 Å². The Balaban J connectivity index is 2.96. The minimum atomic E-state index is -0.518. The molecule has 1 aromatic heterocycles. The average molecular weight is 260 g/mol. The van der Waals surface area contributed by atoms with Gasteiger partial charge in [0.05, 0.1) is 0 Å². The number of rotatable bonds is 3. The number of aryl methyl sites for hydroxylation is 2. The fourth-order valence-corrected chi connectivity index (χ4v) is 2.28. The lowest BCUT2D eigenvalue weighted by atomic mass is 9.97. The molecule has 4 heteroatoms. The zero-order chi connectivity index (χ0) is 14.2. The molecular formula is C15H16O4. The van der Waals surface area contributed by atoms with Gasteiger partial charge >= 0.3 is 5.63 Å². The van der Waals surface area contributed by atoms with E-state index in [0.29, 0.717) is 17.4 Å². The summed E-state index contributed by atoms with van der Waals surface area (Å²) in [6, 6.07) is 3.18. The van der Waals surface area contributed by atoms with Gasteiger partial charge in [-0.2, -0.15) is 0 Å². The number of aromatic hydroxyl groups is 1. The van der Waals surface area contributed by atoms with Gasteiger partial charge < -0.3 is 9.52 Å². The van der Waals surface area contributed by atoms with E-state index >= 15 is 0 Å². The Morgan fingerprint density at radius 1 is 1.37 bits per heavy atom. The van der Waals surface area contributed by atoms with Crippen molar-refractivity contribution in [2.24, 2.45) is 0 Å². The number of phenols is 1. The van der Waals surface area contributed by atoms with E-state index in [1.54, 1.807) is 13.0 Å². The van der Waals surface area contributed by atoms with Gasteiger partial charge in [-0.15, -0.1) is 0 Å². The summed E-state index contributed by atoms with van der Waals surface area (Å²) in [4.78, 5) is 23.2. The second kappa shape index (κ2) is 4.88. The van der Waals surface area contributed by atoms with E-state index < -0.39 is 5.63 Å². The molecule has 0 unspecified atom stereocenters. The maximum atomic E-state index is 11.7. The SMILES string of the molecule is CCCc1cc2c(C)cc(=O)oc2c(C(C)=O)c1O. The zero-order valence-corrected chi connectivity index (χ0v) is 11.2. The highest BCUT2D eigenvalue weighted by molar-refractivity contribution is 6.08. The van der Waals surface area contributed by atoms with E-state index in [1.807, 2.05) is 6.92 Å². The van der Waals surface area contributed by atoms with Crippen molar-refractivity contribution in [3.63, 3.8) is 0 Å². The summed E-state index contributed by atoms with van der Waals surface area (Å²) in [6.45, 7) is 5.14. The largest absolute Gasteiger partial charge is 0.507 e. The third kappa shape index (κ3) is 2.26. The molecule has 0 atom stereocenters. The maximum absolute atomic E-state index is 11.7. The van der Waals surface area contributed by atoms with Crippen LogP contribution in [-0.4, -0.2) is 10.9 Å². The highest BCUT2D eigenvalue weighted by Gasteiger charge is 2.19. The lowest BCUT2D eigenvalue weighted by molar-refractivity contribution is 0.101. The van der Waals surface area contributed by atoms with Crippen molar-refractivity contribution in [2.45, 2.75) is 33.6 Å². The highest BCUT2D eigenvalue weighted by atomic mass is 16.4. The van der Waals surface area contributed by atoms with Crippen LogP contribution in [0.5, 0.6) is 5.75 Å². The van der Waals surface area contributed by atoms with Crippen LogP contribution in [0.25, 0.3) is 11.0 Å². The van der Waals surface area contributed by atoms with Gasteiger partial charge in [0.15, 0.2) is 11.4 Å². The van der Waals surface area contributed by atoms with Crippen LogP contribution in [0.15, 0.2) is 21.3 Å². The van der Waals surface area contributed by atoms with Crippen molar-refractivity contribution < 1.29 is 14.3 Å². The molecule has 100 valence electrons. The van der Waals surface area contributed by atoms with Crippen LogP contribution in [0.2, 0.25) is 0 Å². The number of ketones is 1. The van der Waals surface area contributed by atoms with Gasteiger partial charge in [-0.25, -0.2) is 4.79 Å². The van der Waals surface area contributed by atoms with Crippen molar-refractivity contribution in [1.82, 2.24) is 0 Å². The summed E-state index contributed by atoms with van der Waals surface area (Å²) < 4.78 is 5.11. The number of hydrogen-bond donors (Lipinski definition) is 1. The standard InChI is InChI=1S/C15H16O4/c1-4-5-10-7-11-8(2)6-12(17)19-15(11)13(9(3)16)14(10)18/h6-7,18H,4-5H2,1-3H3. The number of hydrogen-bond acceptors (Lipinski definition) is 4. The van der Waals surface area contributed by atoms with Gasteiger partial charge in [-0.05, 0) is 37.5 Å². The summed E-state index contributed by atoms with van der Waals surface area (Å²) in [7, 11) is 0. The molecule has 0 fully saturated rings. The van der Waals surface area contributed by atoms with Gasteiger partial charge in [0.25, 0.3) is 0 Å². The molecule has 0 aliphatic carbocycles. The molecule has 2 rings (SSSR count). The third-order valence-corrected chi connectivity index (χ3v) is 3.16. The van der Waals surface area contributed by atoms with E-state index in [-0.39, 0.29) is 22.7 Å². The molecule has 0 bridgehead atoms. The Bertz CT molecular complexity index is 710. The topological polar surface area (TPSA) is 67.5 Å². The Morgan fingerprint density at radius 3 is 2.63 bits per heavy atom. The van der Waals surface area contributed by atoms with Crippen LogP contribution >= 0.6 is 0 Å². The molecule has 0 radical (unpaired) electrons. The normalized spacial score (nSPS) is 10.9. The summed E-state index contributed by atoms with van der Waals surface area (Å²) in [5, 5.41) is 10.9. The molecule has 0 amide bonds. The van der Waals surface area contributed by atoms with Gasteiger partial charge in [0.1, 0.15) is 11.3 Å². The van der Waals surface area contributed by atoms with E-state index in [2.05, 4.69) is 0 Å². The quantitative estimate of drug-likeness (QED) is 0.680. The minimum Gasteiger partial charge on any atom is -0.507 e. The Labute approximate surface area is 110 Å². The molecule has 0 saturated carbocycles. The predicted molar refractivity (Wildman–Crippen MR) is 72.9 cm³/mol. The molecular weight excluding hydrogens is 244 g/mol. The molecule has 0 aliphatic rings. The number of Topliss-reactive ketones (excluding diaryl/α,β-unsaturated/α-hetero) is 1. The molecule has 4 nitrogen and oxygen atoms in total. The molecule has 0 spiro atoms. The van der Waals surface area contributed by atoms with E-state index in [9.17, 15) is 14.7 Å². The number of phenolic OH excluding ortho intramolecular Hbond substituents is 1.